The maximum atomic E-state index is 8.36. The summed E-state index contributed by atoms with van der Waals surface area (Å²) in [5, 5.41) is 18.4. The molecule has 0 radical (unpaired) electrons. The number of fused-ring (bicyclic) bond motifs is 1. The molecule has 4 rings (SSSR count). The van der Waals surface area contributed by atoms with Crippen molar-refractivity contribution in [1.29, 1.82) is 0 Å². The molecular formula is C16H22N8O2. The highest BCUT2D eigenvalue weighted by Crippen LogP contribution is 2.28. The Bertz CT molecular complexity index is 853. The molecule has 0 saturated heterocycles. The second kappa shape index (κ2) is 8.37. The highest BCUT2D eigenvalue weighted by Gasteiger charge is 2.18. The zero-order valence-electron chi connectivity index (χ0n) is 14.6. The molecule has 3 aromatic rings. The number of hydrogen-bond donors (Lipinski definition) is 2. The van der Waals surface area contributed by atoms with E-state index in [2.05, 4.69) is 35.0 Å². The first kappa shape index (κ1) is 17.8. The van der Waals surface area contributed by atoms with Crippen LogP contribution in [0.1, 0.15) is 44.0 Å². The van der Waals surface area contributed by atoms with Crippen molar-refractivity contribution in [3.63, 3.8) is 0 Å². The molecule has 1 saturated carbocycles. The van der Waals surface area contributed by atoms with Gasteiger partial charge >= 0.3 is 0 Å². The summed E-state index contributed by atoms with van der Waals surface area (Å²) in [5.74, 6) is 1.50. The molecule has 0 bridgehead atoms. The maximum absolute atomic E-state index is 8.36. The lowest BCUT2D eigenvalue weighted by molar-refractivity contribution is -0.122. The van der Waals surface area contributed by atoms with Crippen molar-refractivity contribution in [2.75, 3.05) is 5.32 Å². The molecule has 3 heterocycles. The first-order valence-electron chi connectivity index (χ1n) is 8.57. The van der Waals surface area contributed by atoms with E-state index in [4.69, 9.17) is 9.90 Å². The van der Waals surface area contributed by atoms with Crippen LogP contribution in [0.3, 0.4) is 0 Å². The van der Waals surface area contributed by atoms with Crippen LogP contribution in [0, 0.1) is 0 Å². The molecule has 1 aliphatic carbocycles. The van der Waals surface area contributed by atoms with Crippen molar-refractivity contribution in [2.45, 2.75) is 44.7 Å². The van der Waals surface area contributed by atoms with Gasteiger partial charge in [0.2, 0.25) is 5.95 Å². The minimum atomic E-state index is -0.250. The zero-order chi connectivity index (χ0) is 18.4. The molecule has 0 aliphatic heterocycles. The van der Waals surface area contributed by atoms with Crippen LogP contribution >= 0.6 is 0 Å². The fourth-order valence-electron chi connectivity index (χ4n) is 3.21. The van der Waals surface area contributed by atoms with Gasteiger partial charge in [0.05, 0.1) is 19.1 Å². The summed E-state index contributed by atoms with van der Waals surface area (Å²) >= 11 is 0. The smallest absolute Gasteiger partial charge is 0.290 e. The van der Waals surface area contributed by atoms with E-state index in [1.54, 1.807) is 12.5 Å². The van der Waals surface area contributed by atoms with E-state index in [1.807, 2.05) is 17.9 Å². The number of aryl methyl sites for hydroxylation is 1. The van der Waals surface area contributed by atoms with Crippen LogP contribution in [-0.4, -0.2) is 45.9 Å². The molecule has 1 aliphatic rings. The van der Waals surface area contributed by atoms with E-state index in [-0.39, 0.29) is 6.47 Å². The van der Waals surface area contributed by atoms with E-state index < -0.39 is 0 Å². The Kier molecular flexibility index (Phi) is 5.72. The molecule has 138 valence electrons. The van der Waals surface area contributed by atoms with Crippen molar-refractivity contribution >= 4 is 23.6 Å². The lowest BCUT2D eigenvalue weighted by Crippen LogP contribution is -2.17. The molecule has 10 heteroatoms. The summed E-state index contributed by atoms with van der Waals surface area (Å²) < 4.78 is 4.10. The monoisotopic (exact) mass is 358 g/mol. The predicted octanol–water partition coefficient (Wildman–Crippen LogP) is 1.77. The number of nitrogens with zero attached hydrogens (tertiary/aromatic N) is 7. The molecule has 0 amide bonds. The van der Waals surface area contributed by atoms with Gasteiger partial charge in [-0.2, -0.15) is 4.98 Å². The Balaban J connectivity index is 0.000000613. The fourth-order valence-corrected chi connectivity index (χ4v) is 3.21. The van der Waals surface area contributed by atoms with Gasteiger partial charge in [0, 0.05) is 13.1 Å². The quantitative estimate of drug-likeness (QED) is 0.676. The number of rotatable bonds is 4. The number of imidazole rings is 1. The van der Waals surface area contributed by atoms with Crippen LogP contribution in [-0.2, 0) is 18.4 Å². The summed E-state index contributed by atoms with van der Waals surface area (Å²) in [4.78, 5) is 21.4. The lowest BCUT2D eigenvalue weighted by atomic mass is 9.95. The highest BCUT2D eigenvalue weighted by molar-refractivity contribution is 5.70. The Hall–Kier alpha value is -3.04. The number of hydrogen-bond acceptors (Lipinski definition) is 7. The van der Waals surface area contributed by atoms with Gasteiger partial charge < -0.3 is 19.6 Å². The molecular weight excluding hydrogens is 336 g/mol. The first-order valence-corrected chi connectivity index (χ1v) is 8.57. The van der Waals surface area contributed by atoms with Gasteiger partial charge in [0.1, 0.15) is 11.8 Å². The van der Waals surface area contributed by atoms with E-state index in [9.17, 15) is 0 Å². The molecule has 10 nitrogen and oxygen atoms in total. The Morgan fingerprint density at radius 1 is 1.27 bits per heavy atom. The third kappa shape index (κ3) is 3.95. The van der Waals surface area contributed by atoms with Crippen LogP contribution in [0.2, 0.25) is 0 Å². The largest absolute Gasteiger partial charge is 0.483 e. The minimum Gasteiger partial charge on any atom is -0.483 e. The van der Waals surface area contributed by atoms with Crippen molar-refractivity contribution in [2.24, 2.45) is 7.05 Å². The topological polar surface area (TPSA) is 124 Å². The predicted molar refractivity (Wildman–Crippen MR) is 94.5 cm³/mol. The number of anilines is 1. The van der Waals surface area contributed by atoms with Gasteiger partial charge in [-0.3, -0.25) is 4.79 Å². The average molecular weight is 358 g/mol. The summed E-state index contributed by atoms with van der Waals surface area (Å²) in [6.07, 6.45) is 11.7. The number of carbonyl (C=O) groups is 1. The van der Waals surface area contributed by atoms with E-state index in [0.29, 0.717) is 24.2 Å². The van der Waals surface area contributed by atoms with Crippen molar-refractivity contribution in [3.05, 3.63) is 24.7 Å². The van der Waals surface area contributed by atoms with Gasteiger partial charge in [-0.1, -0.05) is 19.3 Å². The maximum Gasteiger partial charge on any atom is 0.290 e. The van der Waals surface area contributed by atoms with Gasteiger partial charge in [0.25, 0.3) is 6.47 Å². The third-order valence-electron chi connectivity index (χ3n) is 4.50. The normalized spacial score (nSPS) is 14.7. The van der Waals surface area contributed by atoms with Gasteiger partial charge in [-0.15, -0.1) is 10.2 Å². The fraction of sp³-hybridized carbons (Fsp3) is 0.500. The van der Waals surface area contributed by atoms with Crippen molar-refractivity contribution in [3.8, 4) is 0 Å². The second-order valence-electron chi connectivity index (χ2n) is 6.16. The number of aromatic nitrogens is 7. The second-order valence-corrected chi connectivity index (χ2v) is 6.16. The molecule has 1 fully saturated rings. The van der Waals surface area contributed by atoms with Gasteiger partial charge in [-0.05, 0) is 12.8 Å². The Morgan fingerprint density at radius 2 is 2.04 bits per heavy atom. The zero-order valence-corrected chi connectivity index (χ0v) is 14.6. The van der Waals surface area contributed by atoms with Crippen LogP contribution in [0.4, 0.5) is 5.95 Å². The summed E-state index contributed by atoms with van der Waals surface area (Å²) in [7, 11) is 1.93. The first-order chi connectivity index (χ1) is 12.7. The van der Waals surface area contributed by atoms with Crippen LogP contribution < -0.4 is 5.32 Å². The molecule has 0 atom stereocenters. The molecule has 3 aromatic heterocycles. The van der Waals surface area contributed by atoms with Crippen molar-refractivity contribution in [1.82, 2.24) is 34.3 Å². The van der Waals surface area contributed by atoms with Crippen molar-refractivity contribution < 1.29 is 9.90 Å². The van der Waals surface area contributed by atoms with Gasteiger partial charge in [-0.25, -0.2) is 9.97 Å². The summed E-state index contributed by atoms with van der Waals surface area (Å²) in [6.45, 7) is 0.314. The highest BCUT2D eigenvalue weighted by atomic mass is 16.3. The number of nitrogens with one attached hydrogen (secondary N) is 1. The van der Waals surface area contributed by atoms with Crippen LogP contribution in [0.25, 0.3) is 11.2 Å². The number of carboxylic acid groups (broad SMARTS) is 1. The Labute approximate surface area is 150 Å². The molecule has 0 aromatic carbocycles. The molecule has 2 N–H and O–H groups in total. The summed E-state index contributed by atoms with van der Waals surface area (Å²) in [6, 6.07) is 0.523. The molecule has 26 heavy (non-hydrogen) atoms. The molecule has 0 unspecified atom stereocenters. The van der Waals surface area contributed by atoms with Crippen LogP contribution in [0.15, 0.2) is 18.9 Å². The SMILES string of the molecule is Cn1cnc2nc(NCc3nncn3C3CCCCC3)ncc21.O=CO. The lowest BCUT2D eigenvalue weighted by Gasteiger charge is -2.23. The van der Waals surface area contributed by atoms with E-state index in [1.165, 1.54) is 32.1 Å². The van der Waals surface area contributed by atoms with Gasteiger partial charge in [0.15, 0.2) is 11.5 Å². The van der Waals surface area contributed by atoms with Crippen LogP contribution in [0.5, 0.6) is 0 Å². The minimum absolute atomic E-state index is 0.250. The summed E-state index contributed by atoms with van der Waals surface area (Å²) in [5.41, 5.74) is 1.61. The average Bonchev–Trinajstić information content (AvgIpc) is 3.28. The standard InChI is InChI=1S/C15H20N8.CH2O2/c1-22-9-18-14-12(22)7-16-15(20-14)17-8-13-21-19-10-23(13)11-5-3-2-4-6-11;2-1-3/h7,9-11H,2-6,8H2,1H3,(H,16,17,20);1H,(H,2,3). The Morgan fingerprint density at radius 3 is 2.81 bits per heavy atom. The van der Waals surface area contributed by atoms with E-state index >= 15 is 0 Å². The molecule has 0 spiro atoms. The van der Waals surface area contributed by atoms with E-state index in [0.717, 1.165) is 11.3 Å². The third-order valence-corrected chi connectivity index (χ3v) is 4.50.